The molecule has 0 aromatic carbocycles. The van der Waals surface area contributed by atoms with E-state index in [2.05, 4.69) is 0 Å². The summed E-state index contributed by atoms with van der Waals surface area (Å²) in [5.41, 5.74) is -1.73. The summed E-state index contributed by atoms with van der Waals surface area (Å²) in [5.74, 6) is -3.54. The fourth-order valence-corrected chi connectivity index (χ4v) is 2.22. The highest BCUT2D eigenvalue weighted by atomic mass is 32.2. The van der Waals surface area contributed by atoms with Crippen molar-refractivity contribution < 1.29 is 45.7 Å². The first-order valence-corrected chi connectivity index (χ1v) is 8.79. The normalized spacial score (nSPS) is 16.5. The molecule has 0 fully saturated rings. The van der Waals surface area contributed by atoms with E-state index in [1.807, 2.05) is 0 Å². The largest absolute Gasteiger partial charge is 0.478 e. The molecule has 0 rings (SSSR count). The van der Waals surface area contributed by atoms with E-state index in [9.17, 15) is 26.4 Å². The summed E-state index contributed by atoms with van der Waals surface area (Å²) < 4.78 is 61.3. The number of rotatable bonds is 8. The van der Waals surface area contributed by atoms with Crippen molar-refractivity contribution in [2.45, 2.75) is 37.2 Å². The van der Waals surface area contributed by atoms with Crippen molar-refractivity contribution in [1.82, 2.24) is 0 Å². The third kappa shape index (κ3) is 6.09. The average molecular weight is 360 g/mol. The van der Waals surface area contributed by atoms with Gasteiger partial charge in [-0.3, -0.25) is 9.11 Å². The van der Waals surface area contributed by atoms with Crippen molar-refractivity contribution in [3.05, 3.63) is 11.1 Å². The van der Waals surface area contributed by atoms with E-state index in [0.717, 1.165) is 13.8 Å². The van der Waals surface area contributed by atoms with Crippen LogP contribution in [0.3, 0.4) is 0 Å². The lowest BCUT2D eigenvalue weighted by Crippen LogP contribution is -2.25. The van der Waals surface area contributed by atoms with Gasteiger partial charge >= 0.3 is 11.9 Å². The van der Waals surface area contributed by atoms with Crippen LogP contribution in [0.2, 0.25) is 0 Å². The molecule has 0 aliphatic rings. The van der Waals surface area contributed by atoms with Crippen LogP contribution >= 0.6 is 0 Å². The third-order valence-electron chi connectivity index (χ3n) is 2.88. The zero-order valence-corrected chi connectivity index (χ0v) is 13.3. The molecule has 2 unspecified atom stereocenters. The second-order valence-corrected chi connectivity index (χ2v) is 8.30. The standard InChI is InChI=1S/C10H16O10S2/c1-5(21(15,16)17)3-7(9(11)12)8(10(13)14)4-6(2)22(18,19)20/h5-6H,3-4H2,1-2H3,(H,11,12)(H,13,14)(H,15,16,17)(H,18,19,20). The van der Waals surface area contributed by atoms with E-state index in [0.29, 0.717) is 0 Å². The first-order valence-electron chi connectivity index (χ1n) is 5.79. The number of aliphatic carboxylic acids is 2. The predicted molar refractivity (Wildman–Crippen MR) is 73.6 cm³/mol. The van der Waals surface area contributed by atoms with Gasteiger partial charge in [0.25, 0.3) is 20.2 Å². The van der Waals surface area contributed by atoms with Crippen LogP contribution in [0.5, 0.6) is 0 Å². The van der Waals surface area contributed by atoms with Crippen LogP contribution in [0.15, 0.2) is 11.1 Å². The summed E-state index contributed by atoms with van der Waals surface area (Å²) in [6, 6.07) is 0. The van der Waals surface area contributed by atoms with E-state index < -0.39 is 66.7 Å². The molecule has 10 nitrogen and oxygen atoms in total. The Morgan fingerprint density at radius 1 is 0.773 bits per heavy atom. The smallest absolute Gasteiger partial charge is 0.332 e. The van der Waals surface area contributed by atoms with Gasteiger partial charge in [-0.2, -0.15) is 16.8 Å². The molecule has 0 aromatic rings. The Morgan fingerprint density at radius 3 is 1.14 bits per heavy atom. The van der Waals surface area contributed by atoms with Crippen molar-refractivity contribution in [1.29, 1.82) is 0 Å². The van der Waals surface area contributed by atoms with Crippen molar-refractivity contribution in [2.24, 2.45) is 0 Å². The Kier molecular flexibility index (Phi) is 6.69. The minimum atomic E-state index is -4.61. The zero-order chi connectivity index (χ0) is 17.9. The Morgan fingerprint density at radius 2 is 1.00 bits per heavy atom. The fourth-order valence-electron chi connectivity index (χ4n) is 1.46. The van der Waals surface area contributed by atoms with Crippen LogP contribution in [0.1, 0.15) is 26.7 Å². The van der Waals surface area contributed by atoms with Gasteiger partial charge in [-0.25, -0.2) is 9.59 Å². The van der Waals surface area contributed by atoms with Crippen molar-refractivity contribution in [3.63, 3.8) is 0 Å². The van der Waals surface area contributed by atoms with Gasteiger partial charge < -0.3 is 10.2 Å². The van der Waals surface area contributed by atoms with Crippen LogP contribution in [-0.4, -0.2) is 58.6 Å². The minimum absolute atomic E-state index is 0.839. The fraction of sp³-hybridized carbons (Fsp3) is 0.600. The molecule has 0 radical (unpaired) electrons. The molecule has 0 aromatic heterocycles. The lowest BCUT2D eigenvalue weighted by molar-refractivity contribution is -0.136. The van der Waals surface area contributed by atoms with Crippen LogP contribution in [0.25, 0.3) is 0 Å². The number of hydrogen-bond donors (Lipinski definition) is 4. The molecule has 4 N–H and O–H groups in total. The third-order valence-corrected chi connectivity index (χ3v) is 5.25. The SMILES string of the molecule is CC(CC(C(=O)O)=C(CC(C)S(=O)(=O)O)C(=O)O)S(=O)(=O)O. The molecule has 0 heterocycles. The molecular weight excluding hydrogens is 344 g/mol. The van der Waals surface area contributed by atoms with Crippen molar-refractivity contribution in [3.8, 4) is 0 Å². The summed E-state index contributed by atoms with van der Waals surface area (Å²) in [6.45, 7) is 1.92. The number of carboxylic acids is 2. The second-order valence-electron chi connectivity index (χ2n) is 4.63. The van der Waals surface area contributed by atoms with Crippen LogP contribution in [-0.2, 0) is 29.8 Å². The Balaban J connectivity index is 5.89. The Bertz CT molecular complexity index is 625. The molecule has 0 bridgehead atoms. The van der Waals surface area contributed by atoms with Gasteiger partial charge in [0.2, 0.25) is 0 Å². The molecule has 0 saturated carbocycles. The monoisotopic (exact) mass is 360 g/mol. The average Bonchev–Trinajstić information content (AvgIpc) is 2.29. The lowest BCUT2D eigenvalue weighted by Gasteiger charge is -2.14. The van der Waals surface area contributed by atoms with Gasteiger partial charge in [-0.15, -0.1) is 0 Å². The highest BCUT2D eigenvalue weighted by Gasteiger charge is 2.30. The quantitative estimate of drug-likeness (QED) is 0.333. The molecule has 0 amide bonds. The number of carboxylic acid groups (broad SMARTS) is 2. The van der Waals surface area contributed by atoms with Crippen molar-refractivity contribution >= 4 is 32.2 Å². The van der Waals surface area contributed by atoms with Crippen LogP contribution in [0.4, 0.5) is 0 Å². The highest BCUT2D eigenvalue weighted by Crippen LogP contribution is 2.22. The molecule has 2 atom stereocenters. The summed E-state index contributed by atoms with van der Waals surface area (Å²) in [4.78, 5) is 22.3. The summed E-state index contributed by atoms with van der Waals surface area (Å²) in [7, 11) is -9.21. The summed E-state index contributed by atoms with van der Waals surface area (Å²) >= 11 is 0. The van der Waals surface area contributed by atoms with E-state index in [4.69, 9.17) is 19.3 Å². The van der Waals surface area contributed by atoms with Gasteiger partial charge in [-0.1, -0.05) is 0 Å². The second kappa shape index (κ2) is 7.17. The maximum atomic E-state index is 11.1. The van der Waals surface area contributed by atoms with Gasteiger partial charge in [-0.05, 0) is 26.7 Å². The van der Waals surface area contributed by atoms with E-state index >= 15 is 0 Å². The van der Waals surface area contributed by atoms with Gasteiger partial charge in [0.1, 0.15) is 0 Å². The molecular formula is C10H16O10S2. The van der Waals surface area contributed by atoms with E-state index in [1.54, 1.807) is 0 Å². The first kappa shape index (κ1) is 20.5. The maximum Gasteiger partial charge on any atom is 0.332 e. The number of carbonyl (C=O) groups is 2. The van der Waals surface area contributed by atoms with Crippen LogP contribution in [0, 0.1) is 0 Å². The molecule has 128 valence electrons. The highest BCUT2D eigenvalue weighted by molar-refractivity contribution is 7.86. The van der Waals surface area contributed by atoms with Crippen LogP contribution < -0.4 is 0 Å². The minimum Gasteiger partial charge on any atom is -0.478 e. The summed E-state index contributed by atoms with van der Waals surface area (Å²) in [6.07, 6.45) is -1.68. The topological polar surface area (TPSA) is 183 Å². The van der Waals surface area contributed by atoms with Gasteiger partial charge in [0.15, 0.2) is 0 Å². The van der Waals surface area contributed by atoms with E-state index in [1.165, 1.54) is 0 Å². The maximum absolute atomic E-state index is 11.1. The molecule has 0 saturated heterocycles. The van der Waals surface area contributed by atoms with Gasteiger partial charge in [0.05, 0.1) is 10.5 Å². The first-order chi connectivity index (χ1) is 9.67. The number of hydrogen-bond acceptors (Lipinski definition) is 6. The molecule has 22 heavy (non-hydrogen) atoms. The summed E-state index contributed by atoms with van der Waals surface area (Å²) in [5, 5.41) is 14.8. The molecule has 0 aliphatic carbocycles. The predicted octanol–water partition coefficient (Wildman–Crippen LogP) is -0.215. The lowest BCUT2D eigenvalue weighted by atomic mass is 9.99. The molecule has 0 spiro atoms. The molecule has 12 heteroatoms. The Hall–Kier alpha value is -1.50. The Labute approximate surface area is 127 Å². The zero-order valence-electron chi connectivity index (χ0n) is 11.6. The van der Waals surface area contributed by atoms with Crippen molar-refractivity contribution in [2.75, 3.05) is 0 Å². The van der Waals surface area contributed by atoms with Gasteiger partial charge in [0, 0.05) is 11.1 Å². The molecule has 0 aliphatic heterocycles. The van der Waals surface area contributed by atoms with E-state index in [-0.39, 0.29) is 0 Å².